The van der Waals surface area contributed by atoms with Crippen molar-refractivity contribution in [1.82, 2.24) is 4.98 Å². The highest BCUT2D eigenvalue weighted by atomic mass is 79.9. The molecule has 0 fully saturated rings. The zero-order valence-electron chi connectivity index (χ0n) is 16.5. The van der Waals surface area contributed by atoms with E-state index in [4.69, 9.17) is 11.6 Å². The summed E-state index contributed by atoms with van der Waals surface area (Å²) in [5.41, 5.74) is 5.92. The smallest absolute Gasteiger partial charge is 0.259 e. The van der Waals surface area contributed by atoms with Gasteiger partial charge in [-0.1, -0.05) is 53.5 Å². The molecule has 0 aliphatic heterocycles. The summed E-state index contributed by atoms with van der Waals surface area (Å²) in [5, 5.41) is 3.60. The Hall–Kier alpha value is -1.65. The van der Waals surface area contributed by atoms with Crippen molar-refractivity contribution in [3.8, 4) is 0 Å². The lowest BCUT2D eigenvalue weighted by Gasteiger charge is -2.18. The molecule has 27 heavy (non-hydrogen) atoms. The Kier molecular flexibility index (Phi) is 7.63. The van der Waals surface area contributed by atoms with Gasteiger partial charge < -0.3 is 5.32 Å². The van der Waals surface area contributed by atoms with E-state index in [0.717, 1.165) is 45.4 Å². The van der Waals surface area contributed by atoms with E-state index in [1.54, 1.807) is 0 Å². The monoisotopic (exact) mass is 448 g/mol. The Balaban J connectivity index is 2.51. The third-order valence-electron chi connectivity index (χ3n) is 4.67. The Labute approximate surface area is 175 Å². The van der Waals surface area contributed by atoms with Crippen LogP contribution in [0.4, 0.5) is 5.69 Å². The van der Waals surface area contributed by atoms with Crippen LogP contribution in [0.15, 0.2) is 28.8 Å². The fraction of sp³-hybridized carbons (Fsp3) is 0.364. The Morgan fingerprint density at radius 3 is 2.30 bits per heavy atom. The molecular formula is C22H26BrClN2O. The van der Waals surface area contributed by atoms with E-state index in [1.807, 2.05) is 45.1 Å². The largest absolute Gasteiger partial charge is 0.321 e. The number of benzene rings is 1. The van der Waals surface area contributed by atoms with Gasteiger partial charge in [-0.2, -0.15) is 0 Å². The fourth-order valence-electron chi connectivity index (χ4n) is 3.20. The van der Waals surface area contributed by atoms with E-state index in [0.29, 0.717) is 22.7 Å². The van der Waals surface area contributed by atoms with Gasteiger partial charge in [0, 0.05) is 15.9 Å². The second kappa shape index (κ2) is 9.52. The average molecular weight is 450 g/mol. The van der Waals surface area contributed by atoms with Crippen LogP contribution in [-0.2, 0) is 19.3 Å². The number of nitrogens with zero attached hydrogens (tertiary/aromatic N) is 1. The second-order valence-corrected chi connectivity index (χ2v) is 7.78. The summed E-state index contributed by atoms with van der Waals surface area (Å²) >= 11 is 10.2. The van der Waals surface area contributed by atoms with E-state index in [1.165, 1.54) is 0 Å². The number of halogens is 2. The minimum absolute atomic E-state index is 0.210. The Bertz CT molecular complexity index is 865. The van der Waals surface area contributed by atoms with Gasteiger partial charge in [0.25, 0.3) is 5.91 Å². The van der Waals surface area contributed by atoms with Crippen molar-refractivity contribution in [2.24, 2.45) is 0 Å². The lowest BCUT2D eigenvalue weighted by atomic mass is 10.0. The molecule has 0 radical (unpaired) electrons. The first-order valence-electron chi connectivity index (χ1n) is 9.23. The molecule has 0 unspecified atom stereocenters. The molecule has 0 aliphatic carbocycles. The number of carbonyl (C=O) groups is 1. The van der Waals surface area contributed by atoms with Crippen LogP contribution in [-0.4, -0.2) is 10.9 Å². The number of amides is 1. The summed E-state index contributed by atoms with van der Waals surface area (Å²) in [4.78, 5) is 17.7. The molecule has 0 spiro atoms. The zero-order chi connectivity index (χ0) is 20.1. The number of aromatic nitrogens is 1. The summed E-state index contributed by atoms with van der Waals surface area (Å²) in [6.07, 6.45) is 6.30. The molecule has 1 N–H and O–H groups in total. The molecule has 0 aliphatic rings. The highest BCUT2D eigenvalue weighted by Gasteiger charge is 2.21. The Morgan fingerprint density at radius 1 is 1.19 bits per heavy atom. The van der Waals surface area contributed by atoms with Gasteiger partial charge in [-0.3, -0.25) is 9.78 Å². The molecule has 2 aromatic rings. The standard InChI is InChI=1S/C22H26BrClN2O/c1-6-9-10-18-13(4)25-14(5)19(20(18)24)22(27)26-21-15(7-2)11-17(23)12-16(21)8-3/h6,9,11-12H,7-8,10H2,1-5H3,(H,26,27). The number of hydrogen-bond donors (Lipinski definition) is 1. The van der Waals surface area contributed by atoms with Crippen LogP contribution in [0.5, 0.6) is 0 Å². The van der Waals surface area contributed by atoms with E-state index in [9.17, 15) is 4.79 Å². The normalized spacial score (nSPS) is 11.2. The minimum Gasteiger partial charge on any atom is -0.321 e. The van der Waals surface area contributed by atoms with Crippen LogP contribution in [0.25, 0.3) is 0 Å². The van der Waals surface area contributed by atoms with Crippen LogP contribution in [0.3, 0.4) is 0 Å². The summed E-state index contributed by atoms with van der Waals surface area (Å²) in [6, 6.07) is 4.10. The lowest BCUT2D eigenvalue weighted by molar-refractivity contribution is 0.102. The zero-order valence-corrected chi connectivity index (χ0v) is 18.9. The van der Waals surface area contributed by atoms with Gasteiger partial charge in [-0.25, -0.2) is 0 Å². The Morgan fingerprint density at radius 2 is 1.78 bits per heavy atom. The van der Waals surface area contributed by atoms with E-state index >= 15 is 0 Å². The van der Waals surface area contributed by atoms with Gasteiger partial charge in [0.05, 0.1) is 16.3 Å². The molecule has 0 saturated carbocycles. The van der Waals surface area contributed by atoms with Crippen LogP contribution >= 0.6 is 27.5 Å². The van der Waals surface area contributed by atoms with Crippen molar-refractivity contribution in [2.75, 3.05) is 5.32 Å². The summed E-state index contributed by atoms with van der Waals surface area (Å²) in [7, 11) is 0. The number of carbonyl (C=O) groups excluding carboxylic acids is 1. The molecule has 144 valence electrons. The summed E-state index contributed by atoms with van der Waals surface area (Å²) in [5.74, 6) is -0.210. The van der Waals surface area contributed by atoms with Crippen molar-refractivity contribution in [3.05, 3.63) is 67.4 Å². The molecule has 3 nitrogen and oxygen atoms in total. The van der Waals surface area contributed by atoms with Crippen molar-refractivity contribution in [2.45, 2.75) is 53.9 Å². The molecule has 0 saturated heterocycles. The predicted octanol–water partition coefficient (Wildman–Crippen LogP) is 6.61. The van der Waals surface area contributed by atoms with Gasteiger partial charge in [-0.15, -0.1) is 0 Å². The van der Waals surface area contributed by atoms with Crippen molar-refractivity contribution in [3.63, 3.8) is 0 Å². The van der Waals surface area contributed by atoms with Crippen molar-refractivity contribution in [1.29, 1.82) is 0 Å². The summed E-state index contributed by atoms with van der Waals surface area (Å²) in [6.45, 7) is 9.88. The van der Waals surface area contributed by atoms with Gasteiger partial charge in [0.15, 0.2) is 0 Å². The fourth-order valence-corrected chi connectivity index (χ4v) is 4.19. The number of anilines is 1. The van der Waals surface area contributed by atoms with E-state index in [-0.39, 0.29) is 5.91 Å². The molecule has 1 heterocycles. The second-order valence-electron chi connectivity index (χ2n) is 6.48. The van der Waals surface area contributed by atoms with Crippen LogP contribution in [0.1, 0.15) is 59.2 Å². The number of rotatable bonds is 6. The molecular weight excluding hydrogens is 424 g/mol. The predicted molar refractivity (Wildman–Crippen MR) is 118 cm³/mol. The number of aryl methyl sites for hydroxylation is 4. The van der Waals surface area contributed by atoms with Crippen molar-refractivity contribution < 1.29 is 4.79 Å². The molecule has 1 aromatic carbocycles. The first-order valence-corrected chi connectivity index (χ1v) is 10.4. The minimum atomic E-state index is -0.210. The number of hydrogen-bond acceptors (Lipinski definition) is 2. The average Bonchev–Trinajstić information content (AvgIpc) is 2.62. The van der Waals surface area contributed by atoms with Crippen LogP contribution in [0.2, 0.25) is 5.02 Å². The van der Waals surface area contributed by atoms with Crippen LogP contribution < -0.4 is 5.32 Å². The molecule has 1 aromatic heterocycles. The maximum Gasteiger partial charge on any atom is 0.259 e. The van der Waals surface area contributed by atoms with Gasteiger partial charge in [-0.05, 0) is 68.9 Å². The quantitative estimate of drug-likeness (QED) is 0.504. The number of pyridine rings is 1. The third-order valence-corrected chi connectivity index (χ3v) is 5.54. The molecule has 0 atom stereocenters. The van der Waals surface area contributed by atoms with E-state index < -0.39 is 0 Å². The number of allylic oxidation sites excluding steroid dienone is 2. The lowest BCUT2D eigenvalue weighted by Crippen LogP contribution is -2.18. The first kappa shape index (κ1) is 21.6. The highest BCUT2D eigenvalue weighted by Crippen LogP contribution is 2.31. The molecule has 2 rings (SSSR count). The first-order chi connectivity index (χ1) is 12.8. The van der Waals surface area contributed by atoms with Gasteiger partial charge in [0.2, 0.25) is 0 Å². The summed E-state index contributed by atoms with van der Waals surface area (Å²) < 4.78 is 1.02. The molecule has 0 bridgehead atoms. The van der Waals surface area contributed by atoms with E-state index in [2.05, 4.69) is 40.1 Å². The van der Waals surface area contributed by atoms with Crippen LogP contribution in [0, 0.1) is 13.8 Å². The molecule has 1 amide bonds. The maximum atomic E-state index is 13.1. The SMILES string of the molecule is CC=CCc1c(C)nc(C)c(C(=O)Nc2c(CC)cc(Br)cc2CC)c1Cl. The number of nitrogens with one attached hydrogen (secondary N) is 1. The molecule has 5 heteroatoms. The van der Waals surface area contributed by atoms with Gasteiger partial charge >= 0.3 is 0 Å². The van der Waals surface area contributed by atoms with Gasteiger partial charge in [0.1, 0.15) is 0 Å². The maximum absolute atomic E-state index is 13.1. The van der Waals surface area contributed by atoms with Crippen molar-refractivity contribution >= 4 is 39.1 Å². The highest BCUT2D eigenvalue weighted by molar-refractivity contribution is 9.10. The third kappa shape index (κ3) is 4.80. The topological polar surface area (TPSA) is 42.0 Å².